The molecule has 0 heterocycles. The van der Waals surface area contributed by atoms with Crippen molar-refractivity contribution in [3.8, 4) is 0 Å². The van der Waals surface area contributed by atoms with Gasteiger partial charge in [0.05, 0.1) is 13.1 Å². The highest BCUT2D eigenvalue weighted by atomic mass is 16.2. The summed E-state index contributed by atoms with van der Waals surface area (Å²) < 4.78 is 0. The minimum Gasteiger partial charge on any atom is -0.349 e. The number of hydrogen-bond acceptors (Lipinski definition) is 4. The molecule has 0 unspecified atom stereocenters. The third-order valence-corrected chi connectivity index (χ3v) is 2.18. The lowest BCUT2D eigenvalue weighted by Gasteiger charge is -2.04. The largest absolute Gasteiger partial charge is 0.349 e. The van der Waals surface area contributed by atoms with Gasteiger partial charge in [-0.15, -0.1) is 0 Å². The van der Waals surface area contributed by atoms with Crippen molar-refractivity contribution in [2.75, 3.05) is 13.1 Å². The Kier molecular flexibility index (Phi) is 8.43. The Morgan fingerprint density at radius 1 is 0.833 bits per heavy atom. The van der Waals surface area contributed by atoms with Crippen LogP contribution in [0, 0.1) is 0 Å². The molecule has 6 nitrogen and oxygen atoms in total. The van der Waals surface area contributed by atoms with Gasteiger partial charge in [0.1, 0.15) is 0 Å². The minimum absolute atomic E-state index is 0.0181. The molecule has 0 aromatic rings. The predicted molar refractivity (Wildman–Crippen MR) is 65.8 cm³/mol. The predicted octanol–water partition coefficient (Wildman–Crippen LogP) is -0.0428. The minimum atomic E-state index is -0.323. The first-order valence-electron chi connectivity index (χ1n) is 6.00. The Morgan fingerprint density at radius 3 is 1.94 bits per heavy atom. The maximum atomic E-state index is 11.3. The first kappa shape index (κ1) is 16.3. The van der Waals surface area contributed by atoms with Crippen LogP contribution in [0.5, 0.6) is 0 Å². The Morgan fingerprint density at radius 2 is 1.39 bits per heavy atom. The lowest BCUT2D eigenvalue weighted by Crippen LogP contribution is -2.31. The average molecular weight is 256 g/mol. The van der Waals surface area contributed by atoms with Crippen molar-refractivity contribution < 1.29 is 19.2 Å². The molecule has 0 fully saturated rings. The molecule has 6 heteroatoms. The van der Waals surface area contributed by atoms with Crippen LogP contribution in [0.1, 0.15) is 39.5 Å². The molecule has 0 aliphatic rings. The molecule has 0 aliphatic carbocycles. The molecule has 0 spiro atoms. The summed E-state index contributed by atoms with van der Waals surface area (Å²) in [5, 5.41) is 4.82. The van der Waals surface area contributed by atoms with Crippen LogP contribution < -0.4 is 10.6 Å². The van der Waals surface area contributed by atoms with Gasteiger partial charge in [0.15, 0.2) is 11.6 Å². The van der Waals surface area contributed by atoms with Crippen LogP contribution in [0.15, 0.2) is 0 Å². The number of rotatable bonds is 9. The molecule has 0 aromatic carbocycles. The van der Waals surface area contributed by atoms with Crippen molar-refractivity contribution in [2.45, 2.75) is 39.5 Å². The second-order valence-electron chi connectivity index (χ2n) is 4.01. The molecule has 0 saturated carbocycles. The van der Waals surface area contributed by atoms with Gasteiger partial charge in [-0.3, -0.25) is 19.2 Å². The highest BCUT2D eigenvalue weighted by Gasteiger charge is 2.08. The summed E-state index contributed by atoms with van der Waals surface area (Å²) in [6.07, 6.45) is 1.30. The second-order valence-corrected chi connectivity index (χ2v) is 4.01. The molecule has 0 atom stereocenters. The number of amides is 2. The average Bonchev–Trinajstić information content (AvgIpc) is 2.31. The maximum absolute atomic E-state index is 11.3. The summed E-state index contributed by atoms with van der Waals surface area (Å²) in [7, 11) is 0. The lowest BCUT2D eigenvalue weighted by atomic mass is 10.2. The molecule has 102 valence electrons. The van der Waals surface area contributed by atoms with E-state index in [1.54, 1.807) is 0 Å². The second kappa shape index (κ2) is 9.32. The van der Waals surface area contributed by atoms with E-state index in [4.69, 9.17) is 0 Å². The molecule has 0 aliphatic heterocycles. The number of ketones is 2. The van der Waals surface area contributed by atoms with Gasteiger partial charge in [-0.2, -0.15) is 0 Å². The highest BCUT2D eigenvalue weighted by molar-refractivity contribution is 5.90. The first-order chi connectivity index (χ1) is 8.45. The van der Waals surface area contributed by atoms with E-state index < -0.39 is 0 Å². The van der Waals surface area contributed by atoms with Gasteiger partial charge in [-0.25, -0.2) is 0 Å². The van der Waals surface area contributed by atoms with E-state index >= 15 is 0 Å². The third kappa shape index (κ3) is 9.50. The standard InChI is InChI=1S/C12H20N2O4/c1-3-4-10(16)8-14-12(18)6-5-11(17)7-13-9(2)15/h3-8H2,1-2H3,(H,13,15)(H,14,18). The third-order valence-electron chi connectivity index (χ3n) is 2.18. The Hall–Kier alpha value is -1.72. The molecule has 18 heavy (non-hydrogen) atoms. The van der Waals surface area contributed by atoms with Crippen LogP contribution >= 0.6 is 0 Å². The number of nitrogens with one attached hydrogen (secondary N) is 2. The molecular weight excluding hydrogens is 236 g/mol. The van der Waals surface area contributed by atoms with Crippen LogP contribution in [0.4, 0.5) is 0 Å². The van der Waals surface area contributed by atoms with Gasteiger partial charge in [0, 0.05) is 26.2 Å². The van der Waals surface area contributed by atoms with Crippen molar-refractivity contribution in [3.05, 3.63) is 0 Å². The summed E-state index contributed by atoms with van der Waals surface area (Å²) in [6.45, 7) is 3.17. The lowest BCUT2D eigenvalue weighted by molar-refractivity contribution is -0.127. The van der Waals surface area contributed by atoms with E-state index in [9.17, 15) is 19.2 Å². The van der Waals surface area contributed by atoms with Gasteiger partial charge in [0.2, 0.25) is 11.8 Å². The number of carbonyl (C=O) groups excluding carboxylic acids is 4. The zero-order chi connectivity index (χ0) is 14.0. The molecular formula is C12H20N2O4. The van der Waals surface area contributed by atoms with Crippen molar-refractivity contribution in [1.82, 2.24) is 10.6 Å². The van der Waals surface area contributed by atoms with Crippen molar-refractivity contribution in [1.29, 1.82) is 0 Å². The van der Waals surface area contributed by atoms with Crippen LogP contribution in [0.2, 0.25) is 0 Å². The van der Waals surface area contributed by atoms with Gasteiger partial charge in [0.25, 0.3) is 0 Å². The number of hydrogen-bond donors (Lipinski definition) is 2. The molecule has 2 amide bonds. The Balaban J connectivity index is 3.67. The molecule has 0 bridgehead atoms. The van der Waals surface area contributed by atoms with Crippen molar-refractivity contribution >= 4 is 23.4 Å². The summed E-state index contributed by atoms with van der Waals surface area (Å²) in [5.41, 5.74) is 0. The summed E-state index contributed by atoms with van der Waals surface area (Å²) in [5.74, 6) is -0.829. The van der Waals surface area contributed by atoms with Gasteiger partial charge in [-0.05, 0) is 6.42 Å². The zero-order valence-corrected chi connectivity index (χ0v) is 10.9. The van der Waals surface area contributed by atoms with E-state index in [2.05, 4.69) is 10.6 Å². The molecule has 0 saturated heterocycles. The fraction of sp³-hybridized carbons (Fsp3) is 0.667. The van der Waals surface area contributed by atoms with Crippen LogP contribution in [0.25, 0.3) is 0 Å². The van der Waals surface area contributed by atoms with E-state index in [0.29, 0.717) is 6.42 Å². The van der Waals surface area contributed by atoms with Crippen molar-refractivity contribution in [2.24, 2.45) is 0 Å². The zero-order valence-electron chi connectivity index (χ0n) is 10.9. The van der Waals surface area contributed by atoms with Crippen LogP contribution in [-0.4, -0.2) is 36.5 Å². The number of Topliss-reactive ketones (excluding diaryl/α,β-unsaturated/α-hetero) is 2. The summed E-state index contributed by atoms with van der Waals surface area (Å²) in [6, 6.07) is 0. The van der Waals surface area contributed by atoms with Crippen molar-refractivity contribution in [3.63, 3.8) is 0 Å². The Labute approximate surface area is 106 Å². The van der Waals surface area contributed by atoms with Gasteiger partial charge >= 0.3 is 0 Å². The first-order valence-corrected chi connectivity index (χ1v) is 6.00. The smallest absolute Gasteiger partial charge is 0.220 e. The quantitative estimate of drug-likeness (QED) is 0.605. The maximum Gasteiger partial charge on any atom is 0.220 e. The molecule has 0 rings (SSSR count). The van der Waals surface area contributed by atoms with E-state index in [-0.39, 0.29) is 49.3 Å². The van der Waals surface area contributed by atoms with Crippen LogP contribution in [-0.2, 0) is 19.2 Å². The summed E-state index contributed by atoms with van der Waals surface area (Å²) in [4.78, 5) is 44.2. The number of carbonyl (C=O) groups is 4. The Bertz CT molecular complexity index is 326. The van der Waals surface area contributed by atoms with Crippen LogP contribution in [0.3, 0.4) is 0 Å². The SMILES string of the molecule is CCCC(=O)CNC(=O)CCC(=O)CNC(C)=O. The van der Waals surface area contributed by atoms with Gasteiger partial charge in [-0.1, -0.05) is 6.92 Å². The molecule has 0 radical (unpaired) electrons. The summed E-state index contributed by atoms with van der Waals surface area (Å²) >= 11 is 0. The fourth-order valence-corrected chi connectivity index (χ4v) is 1.22. The monoisotopic (exact) mass is 256 g/mol. The van der Waals surface area contributed by atoms with Gasteiger partial charge < -0.3 is 10.6 Å². The fourth-order valence-electron chi connectivity index (χ4n) is 1.22. The van der Waals surface area contributed by atoms with E-state index in [1.165, 1.54) is 6.92 Å². The topological polar surface area (TPSA) is 92.3 Å². The van der Waals surface area contributed by atoms with E-state index in [0.717, 1.165) is 6.42 Å². The molecule has 0 aromatic heterocycles. The highest BCUT2D eigenvalue weighted by Crippen LogP contribution is 1.92. The molecule has 2 N–H and O–H groups in total. The van der Waals surface area contributed by atoms with E-state index in [1.807, 2.05) is 6.92 Å². The normalized spacial score (nSPS) is 9.67.